The molecule has 0 aliphatic carbocycles. The van der Waals surface area contributed by atoms with Crippen LogP contribution in [0, 0.1) is 5.82 Å². The number of fused-ring (bicyclic) bond motifs is 1. The Bertz CT molecular complexity index is 762. The molecule has 1 N–H and O–H groups in total. The quantitative estimate of drug-likeness (QED) is 0.876. The van der Waals surface area contributed by atoms with Gasteiger partial charge in [0.05, 0.1) is 17.5 Å². The minimum Gasteiger partial charge on any atom is -0.444 e. The molecule has 0 atom stereocenters. The van der Waals surface area contributed by atoms with Gasteiger partial charge in [0, 0.05) is 7.05 Å². The topological polar surface area (TPSA) is 73.2 Å². The van der Waals surface area contributed by atoms with Crippen LogP contribution < -0.4 is 10.9 Å². The molecule has 0 saturated carbocycles. The van der Waals surface area contributed by atoms with Crippen molar-refractivity contribution in [2.75, 3.05) is 5.32 Å². The van der Waals surface area contributed by atoms with E-state index < -0.39 is 23.1 Å². The fraction of sp³-hybridized carbons (Fsp3) is 0.357. The number of nitrogens with zero attached hydrogens (tertiary/aromatic N) is 2. The van der Waals surface area contributed by atoms with Crippen molar-refractivity contribution in [1.82, 2.24) is 9.55 Å². The Balaban J connectivity index is 2.43. The number of hydrogen-bond donors (Lipinski definition) is 1. The first-order valence-electron chi connectivity index (χ1n) is 6.33. The number of aromatic nitrogens is 2. The second-order valence-corrected chi connectivity index (χ2v) is 5.61. The van der Waals surface area contributed by atoms with Gasteiger partial charge in [0.2, 0.25) is 0 Å². The van der Waals surface area contributed by atoms with Gasteiger partial charge in [0.15, 0.2) is 5.82 Å². The predicted octanol–water partition coefficient (Wildman–Crippen LogP) is 2.42. The molecule has 0 saturated heterocycles. The lowest BCUT2D eigenvalue weighted by atomic mass is 10.2. The average molecular weight is 293 g/mol. The smallest absolute Gasteiger partial charge is 0.412 e. The second-order valence-electron chi connectivity index (χ2n) is 5.61. The summed E-state index contributed by atoms with van der Waals surface area (Å²) < 4.78 is 20.6. The first-order chi connectivity index (χ1) is 9.69. The monoisotopic (exact) mass is 293 g/mol. The lowest BCUT2D eigenvalue weighted by molar-refractivity contribution is 0.0635. The van der Waals surface area contributed by atoms with E-state index in [-0.39, 0.29) is 16.6 Å². The van der Waals surface area contributed by atoms with E-state index >= 15 is 0 Å². The summed E-state index contributed by atoms with van der Waals surface area (Å²) in [5, 5.41) is 2.12. The molecular weight excluding hydrogens is 277 g/mol. The summed E-state index contributed by atoms with van der Waals surface area (Å²) in [6.07, 6.45) is 0.520. The molecule has 2 aromatic rings. The summed E-state index contributed by atoms with van der Waals surface area (Å²) in [6, 6.07) is 2.81. The van der Waals surface area contributed by atoms with Gasteiger partial charge in [-0.25, -0.2) is 14.2 Å². The van der Waals surface area contributed by atoms with Crippen molar-refractivity contribution in [3.8, 4) is 0 Å². The normalized spacial score (nSPS) is 11.5. The van der Waals surface area contributed by atoms with Crippen LogP contribution in [0.15, 0.2) is 23.3 Å². The van der Waals surface area contributed by atoms with E-state index in [1.807, 2.05) is 0 Å². The Kier molecular flexibility index (Phi) is 3.67. The summed E-state index contributed by atoms with van der Waals surface area (Å²) in [5.74, 6) is -0.827. The zero-order valence-corrected chi connectivity index (χ0v) is 12.2. The third-order valence-electron chi connectivity index (χ3n) is 2.66. The minimum absolute atomic E-state index is 0.123. The molecule has 112 valence electrons. The molecule has 6 nitrogen and oxygen atoms in total. The van der Waals surface area contributed by atoms with Crippen LogP contribution in [0.1, 0.15) is 20.8 Å². The number of aryl methyl sites for hydroxylation is 1. The Morgan fingerprint density at radius 3 is 2.67 bits per heavy atom. The van der Waals surface area contributed by atoms with Crippen molar-refractivity contribution in [2.24, 2.45) is 7.05 Å². The maximum atomic E-state index is 14.4. The molecule has 0 fully saturated rings. The number of carbonyl (C=O) groups is 1. The van der Waals surface area contributed by atoms with Crippen molar-refractivity contribution in [3.63, 3.8) is 0 Å². The highest BCUT2D eigenvalue weighted by atomic mass is 19.1. The standard InChI is InChI=1S/C14H16FN3O3/c1-14(2,3)21-13(20)17-9-6-5-8-10(11(9)15)12(19)18(4)7-16-8/h5-7H,1-4H3,(H,17,20). The van der Waals surface area contributed by atoms with Crippen LogP contribution in [0.25, 0.3) is 10.9 Å². The molecule has 2 rings (SSSR count). The number of halogens is 1. The van der Waals surface area contributed by atoms with Crippen molar-refractivity contribution < 1.29 is 13.9 Å². The third-order valence-corrected chi connectivity index (χ3v) is 2.66. The Morgan fingerprint density at radius 2 is 2.05 bits per heavy atom. The highest BCUT2D eigenvalue weighted by molar-refractivity contribution is 5.90. The molecule has 21 heavy (non-hydrogen) atoms. The van der Waals surface area contributed by atoms with Gasteiger partial charge in [-0.2, -0.15) is 0 Å². The molecule has 1 aromatic carbocycles. The number of carbonyl (C=O) groups excluding carboxylic acids is 1. The van der Waals surface area contributed by atoms with Gasteiger partial charge in [-0.1, -0.05) is 0 Å². The minimum atomic E-state index is -0.827. The van der Waals surface area contributed by atoms with Crippen molar-refractivity contribution in [3.05, 3.63) is 34.6 Å². The molecule has 0 spiro atoms. The molecule has 0 aliphatic rings. The van der Waals surface area contributed by atoms with Crippen molar-refractivity contribution in [1.29, 1.82) is 0 Å². The Morgan fingerprint density at radius 1 is 1.38 bits per heavy atom. The summed E-state index contributed by atoms with van der Waals surface area (Å²) in [4.78, 5) is 27.6. The molecule has 0 aliphatic heterocycles. The number of hydrogen-bond acceptors (Lipinski definition) is 4. The van der Waals surface area contributed by atoms with Gasteiger partial charge in [0.25, 0.3) is 5.56 Å². The summed E-state index contributed by atoms with van der Waals surface area (Å²) in [5.41, 5.74) is -1.12. The lowest BCUT2D eigenvalue weighted by Crippen LogP contribution is -2.27. The van der Waals surface area contributed by atoms with Crippen LogP contribution in [-0.4, -0.2) is 21.2 Å². The number of nitrogens with one attached hydrogen (secondary N) is 1. The molecular formula is C14H16FN3O3. The first kappa shape index (κ1) is 15.0. The lowest BCUT2D eigenvalue weighted by Gasteiger charge is -2.19. The number of rotatable bonds is 1. The van der Waals surface area contributed by atoms with Gasteiger partial charge in [-0.05, 0) is 32.9 Å². The van der Waals surface area contributed by atoms with Gasteiger partial charge >= 0.3 is 6.09 Å². The van der Waals surface area contributed by atoms with Crippen LogP contribution >= 0.6 is 0 Å². The Hall–Kier alpha value is -2.44. The molecule has 0 radical (unpaired) electrons. The number of amides is 1. The molecule has 1 heterocycles. The van der Waals surface area contributed by atoms with Gasteiger partial charge in [-0.3, -0.25) is 10.1 Å². The fourth-order valence-corrected chi connectivity index (χ4v) is 1.76. The molecule has 1 amide bonds. The van der Waals surface area contributed by atoms with Crippen LogP contribution in [0.5, 0.6) is 0 Å². The molecule has 0 unspecified atom stereocenters. The average Bonchev–Trinajstić information content (AvgIpc) is 2.35. The van der Waals surface area contributed by atoms with E-state index in [4.69, 9.17) is 4.74 Å². The van der Waals surface area contributed by atoms with E-state index in [0.717, 1.165) is 0 Å². The number of benzene rings is 1. The predicted molar refractivity (Wildman–Crippen MR) is 76.8 cm³/mol. The summed E-state index contributed by atoms with van der Waals surface area (Å²) in [6.45, 7) is 5.09. The van der Waals surface area contributed by atoms with Crippen LogP contribution in [-0.2, 0) is 11.8 Å². The van der Waals surface area contributed by atoms with Crippen molar-refractivity contribution in [2.45, 2.75) is 26.4 Å². The SMILES string of the molecule is Cn1cnc2ccc(NC(=O)OC(C)(C)C)c(F)c2c1=O. The number of ether oxygens (including phenoxy) is 1. The maximum absolute atomic E-state index is 14.4. The summed E-state index contributed by atoms with van der Waals surface area (Å²) in [7, 11) is 1.47. The van der Waals surface area contributed by atoms with E-state index in [2.05, 4.69) is 10.3 Å². The zero-order chi connectivity index (χ0) is 15.8. The third kappa shape index (κ3) is 3.18. The van der Waals surface area contributed by atoms with E-state index in [1.54, 1.807) is 20.8 Å². The first-order valence-corrected chi connectivity index (χ1v) is 6.33. The van der Waals surface area contributed by atoms with Gasteiger partial charge in [-0.15, -0.1) is 0 Å². The summed E-state index contributed by atoms with van der Waals surface area (Å²) >= 11 is 0. The van der Waals surface area contributed by atoms with Crippen LogP contribution in [0.2, 0.25) is 0 Å². The van der Waals surface area contributed by atoms with E-state index in [0.29, 0.717) is 0 Å². The fourth-order valence-electron chi connectivity index (χ4n) is 1.76. The van der Waals surface area contributed by atoms with Gasteiger partial charge < -0.3 is 9.30 Å². The second kappa shape index (κ2) is 5.16. The van der Waals surface area contributed by atoms with E-state index in [9.17, 15) is 14.0 Å². The Labute approximate surface area is 120 Å². The van der Waals surface area contributed by atoms with Crippen molar-refractivity contribution >= 4 is 22.7 Å². The largest absolute Gasteiger partial charge is 0.444 e. The van der Waals surface area contributed by atoms with Crippen LogP contribution in [0.3, 0.4) is 0 Å². The van der Waals surface area contributed by atoms with Gasteiger partial charge in [0.1, 0.15) is 11.0 Å². The van der Waals surface area contributed by atoms with E-state index in [1.165, 1.54) is 30.1 Å². The highest BCUT2D eigenvalue weighted by Crippen LogP contribution is 2.21. The van der Waals surface area contributed by atoms with Crippen LogP contribution in [0.4, 0.5) is 14.9 Å². The highest BCUT2D eigenvalue weighted by Gasteiger charge is 2.19. The zero-order valence-electron chi connectivity index (χ0n) is 12.2. The molecule has 7 heteroatoms. The maximum Gasteiger partial charge on any atom is 0.412 e. The molecule has 1 aromatic heterocycles. The number of anilines is 1. The molecule has 0 bridgehead atoms.